The van der Waals surface area contributed by atoms with Crippen molar-refractivity contribution in [3.63, 3.8) is 0 Å². The maximum Gasteiger partial charge on any atom is 0.134 e. The Morgan fingerprint density at radius 1 is 1.16 bits per heavy atom. The van der Waals surface area contributed by atoms with Crippen molar-refractivity contribution in [2.45, 2.75) is 19.4 Å². The summed E-state index contributed by atoms with van der Waals surface area (Å²) >= 11 is 5.96. The van der Waals surface area contributed by atoms with Gasteiger partial charge in [0, 0.05) is 17.2 Å². The summed E-state index contributed by atoms with van der Waals surface area (Å²) in [5.41, 5.74) is 0.985. The van der Waals surface area contributed by atoms with Crippen LogP contribution in [-0.2, 0) is 6.54 Å². The summed E-state index contributed by atoms with van der Waals surface area (Å²) in [4.78, 5) is 0. The molecule has 1 aromatic carbocycles. The minimum atomic E-state index is 0.251. The first kappa shape index (κ1) is 14.1. The molecule has 0 saturated heterocycles. The monoisotopic (exact) mass is 279 g/mol. The van der Waals surface area contributed by atoms with Gasteiger partial charge in [-0.2, -0.15) is 0 Å². The van der Waals surface area contributed by atoms with Crippen LogP contribution in [0.1, 0.15) is 18.6 Å². The molecule has 0 amide bonds. The summed E-state index contributed by atoms with van der Waals surface area (Å²) in [7, 11) is 0. The van der Waals surface area contributed by atoms with Crippen LogP contribution in [0, 0.1) is 0 Å². The molecule has 2 aromatic rings. The first-order valence-corrected chi connectivity index (χ1v) is 6.83. The molecule has 0 bridgehead atoms. The fourth-order valence-corrected chi connectivity index (χ4v) is 2.03. The van der Waals surface area contributed by atoms with Crippen LogP contribution >= 0.6 is 11.6 Å². The number of furan rings is 1. The lowest BCUT2D eigenvalue weighted by Gasteiger charge is -2.01. The molecule has 0 fully saturated rings. The Hall–Kier alpha value is -1.29. The Morgan fingerprint density at radius 2 is 2.05 bits per heavy atom. The second-order valence-electron chi connectivity index (χ2n) is 4.38. The van der Waals surface area contributed by atoms with Crippen molar-refractivity contribution in [2.24, 2.45) is 0 Å². The largest absolute Gasteiger partial charge is 0.460 e. The van der Waals surface area contributed by atoms with E-state index in [1.54, 1.807) is 0 Å². The summed E-state index contributed by atoms with van der Waals surface area (Å²) in [5.74, 6) is 1.73. The number of hydrogen-bond acceptors (Lipinski definition) is 3. The highest BCUT2D eigenvalue weighted by atomic mass is 35.5. The summed E-state index contributed by atoms with van der Waals surface area (Å²) in [5, 5.41) is 12.7. The van der Waals surface area contributed by atoms with E-state index in [1.807, 2.05) is 36.4 Å². The molecule has 19 heavy (non-hydrogen) atoms. The van der Waals surface area contributed by atoms with Crippen LogP contribution in [0.4, 0.5) is 0 Å². The molecule has 0 aliphatic rings. The van der Waals surface area contributed by atoms with Gasteiger partial charge in [0.15, 0.2) is 0 Å². The number of halogens is 1. The van der Waals surface area contributed by atoms with E-state index < -0.39 is 0 Å². The second-order valence-corrected chi connectivity index (χ2v) is 4.82. The highest BCUT2D eigenvalue weighted by Crippen LogP contribution is 2.24. The van der Waals surface area contributed by atoms with Gasteiger partial charge in [0.1, 0.15) is 11.5 Å². The third-order valence-corrected chi connectivity index (χ3v) is 3.07. The molecule has 4 heteroatoms. The maximum atomic E-state index is 8.68. The van der Waals surface area contributed by atoms with Crippen LogP contribution in [-0.4, -0.2) is 18.3 Å². The van der Waals surface area contributed by atoms with Gasteiger partial charge in [0.05, 0.1) is 6.54 Å². The zero-order chi connectivity index (χ0) is 13.5. The molecule has 1 heterocycles. The van der Waals surface area contributed by atoms with Crippen molar-refractivity contribution in [1.29, 1.82) is 0 Å². The van der Waals surface area contributed by atoms with Crippen molar-refractivity contribution in [2.75, 3.05) is 13.2 Å². The fourth-order valence-electron chi connectivity index (χ4n) is 1.84. The Labute approximate surface area is 118 Å². The second kappa shape index (κ2) is 7.34. The van der Waals surface area contributed by atoms with E-state index >= 15 is 0 Å². The van der Waals surface area contributed by atoms with Gasteiger partial charge in [-0.1, -0.05) is 23.7 Å². The van der Waals surface area contributed by atoms with Gasteiger partial charge in [-0.3, -0.25) is 0 Å². The van der Waals surface area contributed by atoms with Crippen molar-refractivity contribution in [1.82, 2.24) is 5.32 Å². The van der Waals surface area contributed by atoms with Crippen LogP contribution in [0.15, 0.2) is 40.8 Å². The van der Waals surface area contributed by atoms with E-state index in [2.05, 4.69) is 5.32 Å². The summed E-state index contributed by atoms with van der Waals surface area (Å²) in [6.45, 7) is 1.83. The smallest absolute Gasteiger partial charge is 0.134 e. The lowest BCUT2D eigenvalue weighted by atomic mass is 10.2. The lowest BCUT2D eigenvalue weighted by molar-refractivity contribution is 0.283. The molecule has 0 spiro atoms. The Bertz CT molecular complexity index is 510. The molecule has 2 N–H and O–H groups in total. The number of aliphatic hydroxyl groups is 1. The van der Waals surface area contributed by atoms with Crippen LogP contribution in [0.25, 0.3) is 11.3 Å². The standard InChI is InChI=1S/C15H18ClNO2/c16-13-5-3-4-12(10-13)15-7-6-14(19-15)11-17-8-1-2-9-18/h3-7,10,17-18H,1-2,8-9,11H2. The number of benzene rings is 1. The molecular weight excluding hydrogens is 262 g/mol. The number of nitrogens with one attached hydrogen (secondary N) is 1. The van der Waals surface area contributed by atoms with E-state index in [0.717, 1.165) is 36.5 Å². The third kappa shape index (κ3) is 4.39. The molecular formula is C15H18ClNO2. The van der Waals surface area contributed by atoms with Crippen molar-refractivity contribution in [3.05, 3.63) is 47.2 Å². The molecule has 0 unspecified atom stereocenters. The van der Waals surface area contributed by atoms with Gasteiger partial charge in [-0.05, 0) is 43.7 Å². The number of aliphatic hydroxyl groups excluding tert-OH is 1. The third-order valence-electron chi connectivity index (χ3n) is 2.83. The average Bonchev–Trinajstić information content (AvgIpc) is 2.87. The molecule has 0 saturated carbocycles. The summed E-state index contributed by atoms with van der Waals surface area (Å²) in [6, 6.07) is 11.5. The molecule has 102 valence electrons. The van der Waals surface area contributed by atoms with E-state index in [-0.39, 0.29) is 6.61 Å². The highest BCUT2D eigenvalue weighted by molar-refractivity contribution is 6.30. The van der Waals surface area contributed by atoms with Crippen LogP contribution in [0.5, 0.6) is 0 Å². The van der Waals surface area contributed by atoms with Gasteiger partial charge in [-0.25, -0.2) is 0 Å². The first-order valence-electron chi connectivity index (χ1n) is 6.46. The maximum absolute atomic E-state index is 8.68. The summed E-state index contributed by atoms with van der Waals surface area (Å²) in [6.07, 6.45) is 1.80. The zero-order valence-electron chi connectivity index (χ0n) is 10.7. The van der Waals surface area contributed by atoms with Gasteiger partial charge < -0.3 is 14.8 Å². The molecule has 0 aliphatic heterocycles. The molecule has 0 aliphatic carbocycles. The predicted octanol–water partition coefficient (Wildman–Crippen LogP) is 3.46. The Kier molecular flexibility index (Phi) is 5.45. The van der Waals surface area contributed by atoms with Crippen LogP contribution < -0.4 is 5.32 Å². The quantitative estimate of drug-likeness (QED) is 0.763. The lowest BCUT2D eigenvalue weighted by Crippen LogP contribution is -2.14. The minimum absolute atomic E-state index is 0.251. The molecule has 0 radical (unpaired) electrons. The number of unbranched alkanes of at least 4 members (excludes halogenated alkanes) is 1. The van der Waals surface area contributed by atoms with Crippen molar-refractivity contribution >= 4 is 11.6 Å². The molecule has 0 atom stereocenters. The Morgan fingerprint density at radius 3 is 2.84 bits per heavy atom. The highest BCUT2D eigenvalue weighted by Gasteiger charge is 2.04. The number of hydrogen-bond donors (Lipinski definition) is 2. The van der Waals surface area contributed by atoms with Crippen LogP contribution in [0.3, 0.4) is 0 Å². The van der Waals surface area contributed by atoms with Crippen LogP contribution in [0.2, 0.25) is 5.02 Å². The Balaban J connectivity index is 1.88. The van der Waals surface area contributed by atoms with E-state index in [4.69, 9.17) is 21.1 Å². The zero-order valence-corrected chi connectivity index (χ0v) is 11.5. The molecule has 2 rings (SSSR count). The van der Waals surface area contributed by atoms with E-state index in [9.17, 15) is 0 Å². The summed E-state index contributed by atoms with van der Waals surface area (Å²) < 4.78 is 5.76. The van der Waals surface area contributed by atoms with Gasteiger partial charge in [0.25, 0.3) is 0 Å². The van der Waals surface area contributed by atoms with Crippen molar-refractivity contribution in [3.8, 4) is 11.3 Å². The molecule has 1 aromatic heterocycles. The van der Waals surface area contributed by atoms with E-state index in [1.165, 1.54) is 0 Å². The topological polar surface area (TPSA) is 45.4 Å². The average molecular weight is 280 g/mol. The normalized spacial score (nSPS) is 10.8. The number of rotatable bonds is 7. The fraction of sp³-hybridized carbons (Fsp3) is 0.333. The van der Waals surface area contributed by atoms with Crippen molar-refractivity contribution < 1.29 is 9.52 Å². The first-order chi connectivity index (χ1) is 9.29. The van der Waals surface area contributed by atoms with Gasteiger partial charge >= 0.3 is 0 Å². The SMILES string of the molecule is OCCCCNCc1ccc(-c2cccc(Cl)c2)o1. The minimum Gasteiger partial charge on any atom is -0.460 e. The van der Waals surface area contributed by atoms with E-state index in [0.29, 0.717) is 11.6 Å². The molecule has 3 nitrogen and oxygen atoms in total. The predicted molar refractivity (Wildman–Crippen MR) is 77.2 cm³/mol. The van der Waals surface area contributed by atoms with Gasteiger partial charge in [-0.15, -0.1) is 0 Å². The van der Waals surface area contributed by atoms with Gasteiger partial charge in [0.2, 0.25) is 0 Å².